The first-order valence-corrected chi connectivity index (χ1v) is 7.09. The fraction of sp³-hybridized carbons (Fsp3) is 0.733. The molecule has 2 atom stereocenters. The molecule has 106 valence electrons. The van der Waals surface area contributed by atoms with Gasteiger partial charge in [-0.2, -0.15) is 0 Å². The number of nitrogens with zero attached hydrogens (tertiary/aromatic N) is 2. The van der Waals surface area contributed by atoms with E-state index in [0.29, 0.717) is 23.3 Å². The molecule has 0 saturated heterocycles. The van der Waals surface area contributed by atoms with Crippen molar-refractivity contribution >= 4 is 0 Å². The number of likely N-dealkylation sites (N-methyl/N-ethyl adjacent to an activating group) is 1. The number of nitrogens with one attached hydrogen (secondary N) is 1. The summed E-state index contributed by atoms with van der Waals surface area (Å²) in [6.07, 6.45) is 6.48. The zero-order chi connectivity index (χ0) is 13.9. The van der Waals surface area contributed by atoms with Crippen LogP contribution in [0, 0.1) is 11.3 Å². The third-order valence-corrected chi connectivity index (χ3v) is 4.53. The Bertz CT molecular complexity index is 420. The van der Waals surface area contributed by atoms with E-state index in [-0.39, 0.29) is 0 Å². The molecule has 1 aromatic heterocycles. The van der Waals surface area contributed by atoms with Gasteiger partial charge in [0.25, 0.3) is 0 Å². The molecule has 2 unspecified atom stereocenters. The second-order valence-corrected chi connectivity index (χ2v) is 6.14. The number of aromatic nitrogens is 2. The van der Waals surface area contributed by atoms with Crippen LogP contribution in [0.1, 0.15) is 38.8 Å². The van der Waals surface area contributed by atoms with Crippen molar-refractivity contribution in [2.75, 3.05) is 14.2 Å². The van der Waals surface area contributed by atoms with Gasteiger partial charge in [0.15, 0.2) is 0 Å². The summed E-state index contributed by atoms with van der Waals surface area (Å²) in [7, 11) is 3.69. The summed E-state index contributed by atoms with van der Waals surface area (Å²) in [6, 6.07) is 2.41. The second kappa shape index (κ2) is 5.87. The summed E-state index contributed by atoms with van der Waals surface area (Å²) in [6.45, 7) is 4.77. The number of hydrogen-bond donors (Lipinski definition) is 1. The van der Waals surface area contributed by atoms with E-state index in [4.69, 9.17) is 4.74 Å². The van der Waals surface area contributed by atoms with Crippen molar-refractivity contribution in [1.29, 1.82) is 0 Å². The van der Waals surface area contributed by atoms with E-state index in [1.54, 1.807) is 13.4 Å². The molecule has 1 saturated carbocycles. The molecule has 1 N–H and O–H groups in total. The topological polar surface area (TPSA) is 47.0 Å². The van der Waals surface area contributed by atoms with Crippen LogP contribution in [-0.4, -0.2) is 30.2 Å². The first-order chi connectivity index (χ1) is 9.06. The van der Waals surface area contributed by atoms with Gasteiger partial charge in [0.1, 0.15) is 6.33 Å². The second-order valence-electron chi connectivity index (χ2n) is 6.14. The molecular weight excluding hydrogens is 238 g/mol. The largest absolute Gasteiger partial charge is 0.481 e. The number of hydrogen-bond acceptors (Lipinski definition) is 4. The number of rotatable bonds is 5. The molecule has 0 aromatic carbocycles. The molecule has 1 fully saturated rings. The molecule has 0 aliphatic heterocycles. The number of ether oxygens (including phenoxy) is 1. The molecule has 1 aliphatic rings. The lowest BCUT2D eigenvalue weighted by molar-refractivity contribution is 0.201. The van der Waals surface area contributed by atoms with Gasteiger partial charge in [0.05, 0.1) is 7.11 Å². The van der Waals surface area contributed by atoms with Gasteiger partial charge in [-0.1, -0.05) is 20.3 Å². The molecule has 4 nitrogen and oxygen atoms in total. The summed E-state index contributed by atoms with van der Waals surface area (Å²) in [5.41, 5.74) is 1.47. The fourth-order valence-corrected chi connectivity index (χ4v) is 3.37. The molecule has 1 aromatic rings. The monoisotopic (exact) mass is 263 g/mol. The maximum Gasteiger partial charge on any atom is 0.216 e. The molecule has 0 bridgehead atoms. The van der Waals surface area contributed by atoms with E-state index in [1.807, 2.05) is 6.07 Å². The number of methoxy groups -OCH3 is 1. The van der Waals surface area contributed by atoms with Crippen molar-refractivity contribution in [3.63, 3.8) is 0 Å². The van der Waals surface area contributed by atoms with Gasteiger partial charge in [-0.3, -0.25) is 0 Å². The van der Waals surface area contributed by atoms with Gasteiger partial charge >= 0.3 is 0 Å². The normalized spacial score (nSPS) is 23.3. The standard InChI is InChI=1S/C15H25N3O/c1-15(2)7-5-6-12(15)13(16-3)8-11-9-14(19-4)18-10-17-11/h9-10,12-13,16H,5-8H2,1-4H3. The summed E-state index contributed by atoms with van der Waals surface area (Å²) < 4.78 is 5.16. The third-order valence-electron chi connectivity index (χ3n) is 4.53. The highest BCUT2D eigenvalue weighted by Gasteiger charge is 2.38. The summed E-state index contributed by atoms with van der Waals surface area (Å²) in [5, 5.41) is 3.48. The molecule has 1 heterocycles. The Morgan fingerprint density at radius 2 is 2.26 bits per heavy atom. The molecule has 1 aliphatic carbocycles. The lowest BCUT2D eigenvalue weighted by Crippen LogP contribution is -2.40. The van der Waals surface area contributed by atoms with Gasteiger partial charge in [-0.25, -0.2) is 9.97 Å². The van der Waals surface area contributed by atoms with Crippen molar-refractivity contribution in [3.05, 3.63) is 18.1 Å². The quantitative estimate of drug-likeness (QED) is 0.886. The van der Waals surface area contributed by atoms with Crippen LogP contribution in [0.15, 0.2) is 12.4 Å². The van der Waals surface area contributed by atoms with E-state index in [9.17, 15) is 0 Å². The molecule has 19 heavy (non-hydrogen) atoms. The summed E-state index contributed by atoms with van der Waals surface area (Å²) in [5.74, 6) is 1.35. The van der Waals surface area contributed by atoms with E-state index in [0.717, 1.165) is 12.1 Å². The average Bonchev–Trinajstić information content (AvgIpc) is 2.76. The van der Waals surface area contributed by atoms with Gasteiger partial charge in [-0.15, -0.1) is 0 Å². The van der Waals surface area contributed by atoms with Crippen molar-refractivity contribution in [3.8, 4) is 5.88 Å². The first-order valence-electron chi connectivity index (χ1n) is 7.09. The lowest BCUT2D eigenvalue weighted by Gasteiger charge is -2.34. The van der Waals surface area contributed by atoms with Crippen LogP contribution in [0.4, 0.5) is 0 Å². The van der Waals surface area contributed by atoms with Crippen LogP contribution in [-0.2, 0) is 6.42 Å². The Morgan fingerprint density at radius 3 is 2.84 bits per heavy atom. The van der Waals surface area contributed by atoms with Crippen LogP contribution >= 0.6 is 0 Å². The molecule has 4 heteroatoms. The third kappa shape index (κ3) is 3.24. The van der Waals surface area contributed by atoms with Gasteiger partial charge < -0.3 is 10.1 Å². The Labute approximate surface area is 116 Å². The SMILES string of the molecule is CNC(Cc1cc(OC)ncn1)C1CCCC1(C)C. The van der Waals surface area contributed by atoms with Crippen molar-refractivity contribution in [1.82, 2.24) is 15.3 Å². The first kappa shape index (κ1) is 14.3. The van der Waals surface area contributed by atoms with Crippen LogP contribution in [0.25, 0.3) is 0 Å². The van der Waals surface area contributed by atoms with Crippen molar-refractivity contribution in [2.45, 2.75) is 45.6 Å². The highest BCUT2D eigenvalue weighted by Crippen LogP contribution is 2.44. The van der Waals surface area contributed by atoms with Crippen molar-refractivity contribution in [2.24, 2.45) is 11.3 Å². The smallest absolute Gasteiger partial charge is 0.216 e. The average molecular weight is 263 g/mol. The lowest BCUT2D eigenvalue weighted by atomic mass is 9.76. The van der Waals surface area contributed by atoms with Gasteiger partial charge in [0, 0.05) is 24.2 Å². The summed E-state index contributed by atoms with van der Waals surface area (Å²) in [4.78, 5) is 8.43. The maximum atomic E-state index is 5.16. The minimum atomic E-state index is 0.421. The van der Waals surface area contributed by atoms with Crippen LogP contribution in [0.3, 0.4) is 0 Å². The minimum Gasteiger partial charge on any atom is -0.481 e. The predicted octanol–water partition coefficient (Wildman–Crippen LogP) is 2.44. The van der Waals surface area contributed by atoms with Crippen LogP contribution in [0.5, 0.6) is 5.88 Å². The van der Waals surface area contributed by atoms with Gasteiger partial charge in [0.2, 0.25) is 5.88 Å². The van der Waals surface area contributed by atoms with Crippen LogP contribution < -0.4 is 10.1 Å². The Hall–Kier alpha value is -1.16. The Morgan fingerprint density at radius 1 is 1.47 bits per heavy atom. The van der Waals surface area contributed by atoms with E-state index >= 15 is 0 Å². The maximum absolute atomic E-state index is 5.16. The predicted molar refractivity (Wildman–Crippen MR) is 76.3 cm³/mol. The van der Waals surface area contributed by atoms with Crippen LogP contribution in [0.2, 0.25) is 0 Å². The Balaban J connectivity index is 2.10. The van der Waals surface area contributed by atoms with E-state index < -0.39 is 0 Å². The van der Waals surface area contributed by atoms with Gasteiger partial charge in [-0.05, 0) is 31.2 Å². The molecule has 0 radical (unpaired) electrons. The molecule has 2 rings (SSSR count). The molecular formula is C15H25N3O. The van der Waals surface area contributed by atoms with E-state index in [2.05, 4.69) is 36.2 Å². The van der Waals surface area contributed by atoms with Crippen molar-refractivity contribution < 1.29 is 4.74 Å². The summed E-state index contributed by atoms with van der Waals surface area (Å²) >= 11 is 0. The fourth-order valence-electron chi connectivity index (χ4n) is 3.37. The highest BCUT2D eigenvalue weighted by atomic mass is 16.5. The molecule has 0 amide bonds. The highest BCUT2D eigenvalue weighted by molar-refractivity contribution is 5.15. The molecule has 0 spiro atoms. The van der Waals surface area contributed by atoms with E-state index in [1.165, 1.54) is 19.3 Å². The zero-order valence-corrected chi connectivity index (χ0v) is 12.4. The Kier molecular flexibility index (Phi) is 4.40. The minimum absolute atomic E-state index is 0.421. The zero-order valence-electron chi connectivity index (χ0n) is 12.4.